The maximum atomic E-state index is 6.05. The first-order valence-corrected chi connectivity index (χ1v) is 8.67. The lowest BCUT2D eigenvalue weighted by Gasteiger charge is -2.34. The SMILES string of the molecule is Cc1nc(CN2CCN(c3ncnc4c3oc3ccccc34)CC2)no1. The van der Waals surface area contributed by atoms with Gasteiger partial charge in [-0.25, -0.2) is 9.97 Å². The molecule has 26 heavy (non-hydrogen) atoms. The Labute approximate surface area is 149 Å². The van der Waals surface area contributed by atoms with E-state index in [1.165, 1.54) is 0 Å². The Balaban J connectivity index is 1.38. The quantitative estimate of drug-likeness (QED) is 0.557. The minimum atomic E-state index is 0.604. The Morgan fingerprint density at radius 3 is 2.73 bits per heavy atom. The third kappa shape index (κ3) is 2.59. The first-order chi connectivity index (χ1) is 12.8. The van der Waals surface area contributed by atoms with Crippen molar-refractivity contribution in [2.24, 2.45) is 0 Å². The van der Waals surface area contributed by atoms with Gasteiger partial charge in [0.05, 0.1) is 6.54 Å². The lowest BCUT2D eigenvalue weighted by molar-refractivity contribution is 0.239. The van der Waals surface area contributed by atoms with Crippen LogP contribution < -0.4 is 4.90 Å². The number of anilines is 1. The van der Waals surface area contributed by atoms with Gasteiger partial charge in [0, 0.05) is 38.5 Å². The van der Waals surface area contributed by atoms with Crippen LogP contribution in [0.5, 0.6) is 0 Å². The van der Waals surface area contributed by atoms with Gasteiger partial charge in [-0.15, -0.1) is 0 Å². The number of rotatable bonds is 3. The molecule has 0 saturated carbocycles. The van der Waals surface area contributed by atoms with Crippen molar-refractivity contribution in [2.75, 3.05) is 31.1 Å². The van der Waals surface area contributed by atoms with Gasteiger partial charge in [-0.1, -0.05) is 17.3 Å². The second-order valence-electron chi connectivity index (χ2n) is 6.47. The van der Waals surface area contributed by atoms with Crippen molar-refractivity contribution in [1.29, 1.82) is 0 Å². The molecule has 8 heteroatoms. The van der Waals surface area contributed by atoms with Crippen LogP contribution >= 0.6 is 0 Å². The highest BCUT2D eigenvalue weighted by Gasteiger charge is 2.23. The van der Waals surface area contributed by atoms with Gasteiger partial charge in [-0.05, 0) is 12.1 Å². The molecule has 3 aromatic heterocycles. The van der Waals surface area contributed by atoms with E-state index >= 15 is 0 Å². The van der Waals surface area contributed by atoms with Gasteiger partial charge in [0.25, 0.3) is 0 Å². The fraction of sp³-hybridized carbons (Fsp3) is 0.333. The van der Waals surface area contributed by atoms with Crippen LogP contribution in [0.2, 0.25) is 0 Å². The summed E-state index contributed by atoms with van der Waals surface area (Å²) in [4.78, 5) is 17.8. The Morgan fingerprint density at radius 1 is 1.08 bits per heavy atom. The normalized spacial score (nSPS) is 16.0. The van der Waals surface area contributed by atoms with E-state index in [4.69, 9.17) is 8.94 Å². The lowest BCUT2D eigenvalue weighted by atomic mass is 10.2. The van der Waals surface area contributed by atoms with Crippen LogP contribution in [-0.4, -0.2) is 51.2 Å². The number of fused-ring (bicyclic) bond motifs is 3. The number of nitrogens with zero attached hydrogens (tertiary/aromatic N) is 6. The van der Waals surface area contributed by atoms with E-state index in [9.17, 15) is 0 Å². The van der Waals surface area contributed by atoms with Crippen LogP contribution in [0, 0.1) is 6.92 Å². The molecule has 1 aliphatic heterocycles. The number of aryl methyl sites for hydroxylation is 1. The van der Waals surface area contributed by atoms with Crippen molar-refractivity contribution < 1.29 is 8.94 Å². The number of piperazine rings is 1. The predicted molar refractivity (Wildman–Crippen MR) is 95.8 cm³/mol. The standard InChI is InChI=1S/C18H18N6O2/c1-12-21-15(22-26-12)10-23-6-8-24(9-7-23)18-17-16(19-11-20-18)13-4-2-3-5-14(13)25-17/h2-5,11H,6-10H2,1H3. The summed E-state index contributed by atoms with van der Waals surface area (Å²) in [5, 5.41) is 5.00. The number of furan rings is 1. The zero-order valence-corrected chi connectivity index (χ0v) is 14.4. The molecule has 0 N–H and O–H groups in total. The first kappa shape index (κ1) is 15.3. The molecule has 0 unspecified atom stereocenters. The highest BCUT2D eigenvalue weighted by Crippen LogP contribution is 2.32. The molecule has 5 rings (SSSR count). The Bertz CT molecular complexity index is 1060. The molecule has 1 aromatic carbocycles. The second kappa shape index (κ2) is 6.06. The third-order valence-electron chi connectivity index (χ3n) is 4.75. The molecule has 132 valence electrons. The van der Waals surface area contributed by atoms with Gasteiger partial charge in [0.2, 0.25) is 5.89 Å². The summed E-state index contributed by atoms with van der Waals surface area (Å²) in [6, 6.07) is 7.96. The highest BCUT2D eigenvalue weighted by molar-refractivity contribution is 6.05. The van der Waals surface area contributed by atoms with Crippen molar-refractivity contribution in [3.05, 3.63) is 42.3 Å². The maximum Gasteiger partial charge on any atom is 0.223 e. The third-order valence-corrected chi connectivity index (χ3v) is 4.75. The molecule has 4 aromatic rings. The van der Waals surface area contributed by atoms with Crippen LogP contribution in [0.1, 0.15) is 11.7 Å². The average Bonchev–Trinajstić information content (AvgIpc) is 3.25. The van der Waals surface area contributed by atoms with Crippen molar-refractivity contribution in [2.45, 2.75) is 13.5 Å². The summed E-state index contributed by atoms with van der Waals surface area (Å²) in [5.41, 5.74) is 2.47. The van der Waals surface area contributed by atoms with Crippen LogP contribution in [0.4, 0.5) is 5.82 Å². The summed E-state index contributed by atoms with van der Waals surface area (Å²) in [6.07, 6.45) is 1.62. The van der Waals surface area contributed by atoms with E-state index in [0.29, 0.717) is 12.4 Å². The zero-order chi connectivity index (χ0) is 17.5. The molecule has 0 spiro atoms. The molecule has 0 radical (unpaired) electrons. The van der Waals surface area contributed by atoms with Gasteiger partial charge < -0.3 is 13.8 Å². The summed E-state index contributed by atoms with van der Waals surface area (Å²) in [6.45, 7) is 6.04. The first-order valence-electron chi connectivity index (χ1n) is 8.67. The molecule has 8 nitrogen and oxygen atoms in total. The molecule has 1 aliphatic rings. The topological polar surface area (TPSA) is 84.3 Å². The second-order valence-corrected chi connectivity index (χ2v) is 6.47. The van der Waals surface area contributed by atoms with E-state index in [0.717, 1.165) is 59.9 Å². The fourth-order valence-electron chi connectivity index (χ4n) is 3.46. The van der Waals surface area contributed by atoms with E-state index in [1.54, 1.807) is 6.33 Å². The highest BCUT2D eigenvalue weighted by atomic mass is 16.5. The molecular formula is C18H18N6O2. The molecule has 1 saturated heterocycles. The Kier molecular flexibility index (Phi) is 3.56. The molecule has 4 heterocycles. The van der Waals surface area contributed by atoms with E-state index in [-0.39, 0.29) is 0 Å². The molecular weight excluding hydrogens is 332 g/mol. The van der Waals surface area contributed by atoms with Gasteiger partial charge in [-0.3, -0.25) is 4.90 Å². The van der Waals surface area contributed by atoms with Crippen molar-refractivity contribution in [3.8, 4) is 0 Å². The Hall–Kier alpha value is -3.00. The van der Waals surface area contributed by atoms with Crippen LogP contribution in [0.3, 0.4) is 0 Å². The van der Waals surface area contributed by atoms with E-state index in [2.05, 4.69) is 29.9 Å². The largest absolute Gasteiger partial charge is 0.450 e. The van der Waals surface area contributed by atoms with Crippen molar-refractivity contribution in [3.63, 3.8) is 0 Å². The predicted octanol–water partition coefficient (Wildman–Crippen LogP) is 2.39. The molecule has 0 amide bonds. The minimum Gasteiger partial charge on any atom is -0.450 e. The number of hydrogen-bond acceptors (Lipinski definition) is 8. The van der Waals surface area contributed by atoms with E-state index in [1.807, 2.05) is 31.2 Å². The fourth-order valence-corrected chi connectivity index (χ4v) is 3.46. The van der Waals surface area contributed by atoms with Crippen LogP contribution in [0.15, 0.2) is 39.5 Å². The minimum absolute atomic E-state index is 0.604. The number of hydrogen-bond donors (Lipinski definition) is 0. The summed E-state index contributed by atoms with van der Waals surface area (Å²) in [5.74, 6) is 2.20. The number of benzene rings is 1. The summed E-state index contributed by atoms with van der Waals surface area (Å²) < 4.78 is 11.1. The monoisotopic (exact) mass is 350 g/mol. The van der Waals surface area contributed by atoms with Gasteiger partial charge in [0.15, 0.2) is 17.2 Å². The average molecular weight is 350 g/mol. The molecule has 1 fully saturated rings. The van der Waals surface area contributed by atoms with Gasteiger partial charge in [-0.2, -0.15) is 4.98 Å². The molecule has 0 bridgehead atoms. The zero-order valence-electron chi connectivity index (χ0n) is 14.4. The van der Waals surface area contributed by atoms with Gasteiger partial charge in [0.1, 0.15) is 17.4 Å². The van der Waals surface area contributed by atoms with Crippen LogP contribution in [-0.2, 0) is 6.54 Å². The van der Waals surface area contributed by atoms with E-state index < -0.39 is 0 Å². The maximum absolute atomic E-state index is 6.05. The van der Waals surface area contributed by atoms with Crippen LogP contribution in [0.25, 0.3) is 22.1 Å². The Morgan fingerprint density at radius 2 is 1.92 bits per heavy atom. The summed E-state index contributed by atoms with van der Waals surface area (Å²) >= 11 is 0. The molecule has 0 atom stereocenters. The summed E-state index contributed by atoms with van der Waals surface area (Å²) in [7, 11) is 0. The number of aromatic nitrogens is 4. The van der Waals surface area contributed by atoms with Gasteiger partial charge >= 0.3 is 0 Å². The molecule has 0 aliphatic carbocycles. The smallest absolute Gasteiger partial charge is 0.223 e. The van der Waals surface area contributed by atoms with Crippen molar-refractivity contribution in [1.82, 2.24) is 25.0 Å². The lowest BCUT2D eigenvalue weighted by Crippen LogP contribution is -2.46. The van der Waals surface area contributed by atoms with Crippen molar-refractivity contribution >= 4 is 27.9 Å². The number of para-hydroxylation sites is 1.